The number of hydrogen-bond donors (Lipinski definition) is 0. The van der Waals surface area contributed by atoms with Crippen LogP contribution in [0.15, 0.2) is 0 Å². The third kappa shape index (κ3) is 1.50. The van der Waals surface area contributed by atoms with Crippen LogP contribution in [0.25, 0.3) is 4.85 Å². The van der Waals surface area contributed by atoms with Gasteiger partial charge in [-0.3, -0.25) is 0 Å². The minimum absolute atomic E-state index is 0.00743. The van der Waals surface area contributed by atoms with Crippen molar-refractivity contribution in [3.05, 3.63) is 11.4 Å². The quantitative estimate of drug-likeness (QED) is 0.452. The monoisotopic (exact) mass is 137 g/mol. The third-order valence-electron chi connectivity index (χ3n) is 2.62. The SMILES string of the molecule is [C-]#[N+]C1(C)CCC(C)CC1. The molecule has 1 aliphatic carbocycles. The van der Waals surface area contributed by atoms with E-state index >= 15 is 0 Å². The fourth-order valence-corrected chi connectivity index (χ4v) is 1.50. The van der Waals surface area contributed by atoms with Gasteiger partial charge in [-0.25, -0.2) is 6.57 Å². The van der Waals surface area contributed by atoms with Crippen molar-refractivity contribution < 1.29 is 0 Å². The Labute approximate surface area is 63.3 Å². The van der Waals surface area contributed by atoms with Gasteiger partial charge in [0.05, 0.1) is 0 Å². The van der Waals surface area contributed by atoms with Crippen LogP contribution in [0, 0.1) is 12.5 Å². The van der Waals surface area contributed by atoms with Gasteiger partial charge in [0.25, 0.3) is 0 Å². The number of rotatable bonds is 0. The molecule has 0 aliphatic heterocycles. The molecule has 1 aliphatic rings. The van der Waals surface area contributed by atoms with E-state index in [1.807, 2.05) is 0 Å². The molecule has 0 unspecified atom stereocenters. The average Bonchev–Trinajstić information content (AvgIpc) is 1.96. The summed E-state index contributed by atoms with van der Waals surface area (Å²) in [6, 6.07) is 0. The predicted octanol–water partition coefficient (Wildman–Crippen LogP) is 2.87. The molecule has 0 atom stereocenters. The zero-order chi connectivity index (χ0) is 7.61. The van der Waals surface area contributed by atoms with E-state index in [0.29, 0.717) is 0 Å². The molecule has 0 heterocycles. The molecular weight excluding hydrogens is 122 g/mol. The Hall–Kier alpha value is -0.510. The standard InChI is InChI=1S/C9H15N/c1-8-4-6-9(2,10-3)7-5-8/h8H,4-7H2,1-2H3. The highest BCUT2D eigenvalue weighted by Gasteiger charge is 2.34. The van der Waals surface area contributed by atoms with Crippen LogP contribution in [-0.2, 0) is 0 Å². The second-order valence-corrected chi connectivity index (χ2v) is 3.79. The van der Waals surface area contributed by atoms with E-state index < -0.39 is 0 Å². The first-order valence-electron chi connectivity index (χ1n) is 4.05. The minimum Gasteiger partial charge on any atom is -0.311 e. The molecule has 1 saturated carbocycles. The molecule has 0 bridgehead atoms. The van der Waals surface area contributed by atoms with Crippen LogP contribution in [0.1, 0.15) is 39.5 Å². The Morgan fingerprint density at radius 3 is 2.30 bits per heavy atom. The molecule has 56 valence electrons. The van der Waals surface area contributed by atoms with Crippen LogP contribution in [0.5, 0.6) is 0 Å². The van der Waals surface area contributed by atoms with Gasteiger partial charge in [0.1, 0.15) is 0 Å². The molecule has 0 aromatic rings. The van der Waals surface area contributed by atoms with Crippen molar-refractivity contribution in [3.8, 4) is 0 Å². The first-order valence-corrected chi connectivity index (χ1v) is 4.05. The van der Waals surface area contributed by atoms with E-state index in [1.165, 1.54) is 12.8 Å². The molecule has 0 aromatic heterocycles. The molecule has 0 saturated heterocycles. The molecule has 1 fully saturated rings. The highest BCUT2D eigenvalue weighted by Crippen LogP contribution is 2.34. The summed E-state index contributed by atoms with van der Waals surface area (Å²) in [6.45, 7) is 11.4. The summed E-state index contributed by atoms with van der Waals surface area (Å²) in [5.74, 6) is 0.856. The third-order valence-corrected chi connectivity index (χ3v) is 2.62. The lowest BCUT2D eigenvalue weighted by Gasteiger charge is -2.25. The zero-order valence-corrected chi connectivity index (χ0v) is 6.85. The lowest BCUT2D eigenvalue weighted by molar-refractivity contribution is 0.300. The molecule has 0 spiro atoms. The van der Waals surface area contributed by atoms with Gasteiger partial charge in [0.15, 0.2) is 0 Å². The second-order valence-electron chi connectivity index (χ2n) is 3.79. The van der Waals surface area contributed by atoms with Gasteiger partial charge in [-0.1, -0.05) is 6.92 Å². The highest BCUT2D eigenvalue weighted by molar-refractivity contribution is 4.97. The zero-order valence-electron chi connectivity index (χ0n) is 6.85. The molecule has 1 nitrogen and oxygen atoms in total. The molecule has 0 amide bonds. The van der Waals surface area contributed by atoms with Gasteiger partial charge in [0.2, 0.25) is 5.54 Å². The predicted molar refractivity (Wildman–Crippen MR) is 42.6 cm³/mol. The lowest BCUT2D eigenvalue weighted by atomic mass is 9.79. The van der Waals surface area contributed by atoms with Crippen molar-refractivity contribution in [2.24, 2.45) is 5.92 Å². The maximum Gasteiger partial charge on any atom is 0.229 e. The average molecular weight is 137 g/mol. The molecule has 1 rings (SSSR count). The number of nitrogens with zero attached hydrogens (tertiary/aromatic N) is 1. The first-order chi connectivity index (χ1) is 4.66. The van der Waals surface area contributed by atoms with Crippen molar-refractivity contribution in [1.82, 2.24) is 0 Å². The van der Waals surface area contributed by atoms with Crippen molar-refractivity contribution in [2.45, 2.75) is 45.1 Å². The van der Waals surface area contributed by atoms with E-state index in [0.717, 1.165) is 18.8 Å². The summed E-state index contributed by atoms with van der Waals surface area (Å²) in [6.07, 6.45) is 4.72. The minimum atomic E-state index is -0.00743. The second kappa shape index (κ2) is 2.62. The Bertz CT molecular complexity index is 147. The van der Waals surface area contributed by atoms with E-state index in [2.05, 4.69) is 18.7 Å². The molecule has 0 N–H and O–H groups in total. The van der Waals surface area contributed by atoms with Gasteiger partial charge in [-0.15, -0.1) is 0 Å². The summed E-state index contributed by atoms with van der Waals surface area (Å²) >= 11 is 0. The van der Waals surface area contributed by atoms with Gasteiger partial charge < -0.3 is 4.85 Å². The van der Waals surface area contributed by atoms with Crippen LogP contribution in [0.4, 0.5) is 0 Å². The van der Waals surface area contributed by atoms with Crippen LogP contribution >= 0.6 is 0 Å². The van der Waals surface area contributed by atoms with Crippen LogP contribution in [0.3, 0.4) is 0 Å². The summed E-state index contributed by atoms with van der Waals surface area (Å²) in [4.78, 5) is 3.66. The van der Waals surface area contributed by atoms with Crippen LogP contribution in [0.2, 0.25) is 0 Å². The highest BCUT2D eigenvalue weighted by atomic mass is 14.8. The fraction of sp³-hybridized carbons (Fsp3) is 0.889. The molecule has 0 radical (unpaired) electrons. The molecule has 10 heavy (non-hydrogen) atoms. The summed E-state index contributed by atoms with van der Waals surface area (Å²) in [7, 11) is 0. The van der Waals surface area contributed by atoms with E-state index in [4.69, 9.17) is 6.57 Å². The van der Waals surface area contributed by atoms with Gasteiger partial charge in [0, 0.05) is 19.8 Å². The Morgan fingerprint density at radius 1 is 1.40 bits per heavy atom. The molecule has 0 aromatic carbocycles. The van der Waals surface area contributed by atoms with E-state index in [9.17, 15) is 0 Å². The first kappa shape index (κ1) is 7.60. The van der Waals surface area contributed by atoms with Crippen molar-refractivity contribution in [1.29, 1.82) is 0 Å². The largest absolute Gasteiger partial charge is 0.311 e. The summed E-state index contributed by atoms with van der Waals surface area (Å²) < 4.78 is 0. The van der Waals surface area contributed by atoms with Gasteiger partial charge in [-0.05, 0) is 18.8 Å². The van der Waals surface area contributed by atoms with E-state index in [-0.39, 0.29) is 5.54 Å². The summed E-state index contributed by atoms with van der Waals surface area (Å²) in [5.41, 5.74) is -0.00743. The van der Waals surface area contributed by atoms with Gasteiger partial charge >= 0.3 is 0 Å². The maximum absolute atomic E-state index is 6.98. The number of hydrogen-bond acceptors (Lipinski definition) is 0. The Morgan fingerprint density at radius 2 is 1.90 bits per heavy atom. The Balaban J connectivity index is 2.48. The topological polar surface area (TPSA) is 4.36 Å². The van der Waals surface area contributed by atoms with Crippen molar-refractivity contribution in [3.63, 3.8) is 0 Å². The maximum atomic E-state index is 6.98. The Kier molecular flexibility index (Phi) is 1.99. The smallest absolute Gasteiger partial charge is 0.229 e. The molecular formula is C9H15N. The van der Waals surface area contributed by atoms with Crippen molar-refractivity contribution in [2.75, 3.05) is 0 Å². The molecule has 1 heteroatoms. The lowest BCUT2D eigenvalue weighted by Crippen LogP contribution is -2.26. The van der Waals surface area contributed by atoms with Crippen molar-refractivity contribution >= 4 is 0 Å². The fourth-order valence-electron chi connectivity index (χ4n) is 1.50. The van der Waals surface area contributed by atoms with Gasteiger partial charge in [-0.2, -0.15) is 0 Å². The van der Waals surface area contributed by atoms with Crippen LogP contribution < -0.4 is 0 Å². The summed E-state index contributed by atoms with van der Waals surface area (Å²) in [5, 5.41) is 0. The van der Waals surface area contributed by atoms with Crippen LogP contribution in [-0.4, -0.2) is 5.54 Å². The van der Waals surface area contributed by atoms with E-state index in [1.54, 1.807) is 0 Å². The normalized spacial score (nSPS) is 40.7.